The van der Waals surface area contributed by atoms with Gasteiger partial charge in [-0.05, 0) is 48.9 Å². The second kappa shape index (κ2) is 4.93. The standard InChI is InChI=1S/C16H24N2/c1-12(2)13-3-5-15(6-4-13)18-10-8-14-7-9-17-16(14)11-18/h3-6,12,14,16-17H,7-11H2,1-2H3. The topological polar surface area (TPSA) is 15.3 Å². The first-order valence-electron chi connectivity index (χ1n) is 7.32. The summed E-state index contributed by atoms with van der Waals surface area (Å²) in [4.78, 5) is 2.55. The van der Waals surface area contributed by atoms with E-state index in [0.717, 1.165) is 12.0 Å². The van der Waals surface area contributed by atoms with E-state index >= 15 is 0 Å². The normalized spacial score (nSPS) is 27.6. The molecule has 0 spiro atoms. The van der Waals surface area contributed by atoms with Crippen molar-refractivity contribution in [3.8, 4) is 0 Å². The van der Waals surface area contributed by atoms with E-state index in [9.17, 15) is 0 Å². The molecule has 2 saturated heterocycles. The Bertz CT molecular complexity index is 396. The minimum atomic E-state index is 0.626. The summed E-state index contributed by atoms with van der Waals surface area (Å²) in [6.07, 6.45) is 2.73. The number of hydrogen-bond donors (Lipinski definition) is 1. The molecule has 0 aliphatic carbocycles. The zero-order chi connectivity index (χ0) is 12.5. The number of rotatable bonds is 2. The lowest BCUT2D eigenvalue weighted by Crippen LogP contribution is -2.46. The molecule has 1 aromatic carbocycles. The van der Waals surface area contributed by atoms with Gasteiger partial charge in [0.05, 0.1) is 0 Å². The van der Waals surface area contributed by atoms with E-state index in [1.54, 1.807) is 0 Å². The summed E-state index contributed by atoms with van der Waals surface area (Å²) in [6, 6.07) is 9.89. The van der Waals surface area contributed by atoms with Crippen LogP contribution in [0.4, 0.5) is 5.69 Å². The number of hydrogen-bond acceptors (Lipinski definition) is 2. The van der Waals surface area contributed by atoms with Crippen LogP contribution in [0.1, 0.15) is 38.2 Å². The molecule has 2 fully saturated rings. The maximum absolute atomic E-state index is 3.65. The van der Waals surface area contributed by atoms with Gasteiger partial charge in [-0.2, -0.15) is 0 Å². The molecule has 1 aromatic rings. The number of piperidine rings is 1. The van der Waals surface area contributed by atoms with Crippen molar-refractivity contribution in [2.75, 3.05) is 24.5 Å². The molecule has 2 heterocycles. The van der Waals surface area contributed by atoms with Crippen LogP contribution in [0.2, 0.25) is 0 Å². The Labute approximate surface area is 110 Å². The molecule has 0 amide bonds. The number of fused-ring (bicyclic) bond motifs is 1. The first kappa shape index (κ1) is 12.0. The van der Waals surface area contributed by atoms with Crippen molar-refractivity contribution >= 4 is 5.69 Å². The van der Waals surface area contributed by atoms with E-state index < -0.39 is 0 Å². The van der Waals surface area contributed by atoms with E-state index in [2.05, 4.69) is 48.3 Å². The predicted octanol–water partition coefficient (Wildman–Crippen LogP) is 3.00. The van der Waals surface area contributed by atoms with Crippen molar-refractivity contribution in [1.29, 1.82) is 0 Å². The van der Waals surface area contributed by atoms with Crippen molar-refractivity contribution in [2.24, 2.45) is 5.92 Å². The maximum atomic E-state index is 3.65. The fraction of sp³-hybridized carbons (Fsp3) is 0.625. The van der Waals surface area contributed by atoms with Crippen LogP contribution in [0, 0.1) is 5.92 Å². The molecular weight excluding hydrogens is 220 g/mol. The van der Waals surface area contributed by atoms with Crippen LogP contribution in [-0.2, 0) is 0 Å². The highest BCUT2D eigenvalue weighted by Gasteiger charge is 2.32. The largest absolute Gasteiger partial charge is 0.370 e. The first-order valence-corrected chi connectivity index (χ1v) is 7.32. The molecule has 18 heavy (non-hydrogen) atoms. The summed E-state index contributed by atoms with van der Waals surface area (Å²) in [6.45, 7) is 8.14. The summed E-state index contributed by atoms with van der Waals surface area (Å²) in [5.41, 5.74) is 2.83. The van der Waals surface area contributed by atoms with Crippen LogP contribution in [-0.4, -0.2) is 25.7 Å². The molecule has 0 bridgehead atoms. The highest BCUT2D eigenvalue weighted by Crippen LogP contribution is 2.29. The fourth-order valence-corrected chi connectivity index (χ4v) is 3.34. The molecule has 0 radical (unpaired) electrons. The van der Waals surface area contributed by atoms with Gasteiger partial charge >= 0.3 is 0 Å². The second-order valence-electron chi connectivity index (χ2n) is 6.09. The van der Waals surface area contributed by atoms with Crippen molar-refractivity contribution in [2.45, 2.75) is 38.6 Å². The van der Waals surface area contributed by atoms with Gasteiger partial charge in [-0.1, -0.05) is 26.0 Å². The molecule has 2 nitrogen and oxygen atoms in total. The van der Waals surface area contributed by atoms with Gasteiger partial charge in [-0.3, -0.25) is 0 Å². The average Bonchev–Trinajstić information content (AvgIpc) is 2.86. The Kier molecular flexibility index (Phi) is 3.29. The Balaban J connectivity index is 1.71. The highest BCUT2D eigenvalue weighted by atomic mass is 15.2. The summed E-state index contributed by atoms with van der Waals surface area (Å²) < 4.78 is 0. The zero-order valence-corrected chi connectivity index (χ0v) is 11.5. The van der Waals surface area contributed by atoms with E-state index in [-0.39, 0.29) is 0 Å². The van der Waals surface area contributed by atoms with E-state index in [1.807, 2.05) is 0 Å². The minimum absolute atomic E-state index is 0.626. The summed E-state index contributed by atoms with van der Waals surface area (Å²) in [5.74, 6) is 1.55. The summed E-state index contributed by atoms with van der Waals surface area (Å²) in [5, 5.41) is 3.65. The van der Waals surface area contributed by atoms with Crippen LogP contribution < -0.4 is 10.2 Å². The van der Waals surface area contributed by atoms with Gasteiger partial charge in [0, 0.05) is 24.8 Å². The molecular formula is C16H24N2. The SMILES string of the molecule is CC(C)c1ccc(N2CCC3CCNC3C2)cc1. The predicted molar refractivity (Wildman–Crippen MR) is 77.3 cm³/mol. The van der Waals surface area contributed by atoms with Crippen LogP contribution in [0.3, 0.4) is 0 Å². The van der Waals surface area contributed by atoms with Gasteiger partial charge in [-0.25, -0.2) is 0 Å². The van der Waals surface area contributed by atoms with Gasteiger partial charge in [0.15, 0.2) is 0 Å². The summed E-state index contributed by atoms with van der Waals surface area (Å²) >= 11 is 0. The Hall–Kier alpha value is -1.02. The lowest BCUT2D eigenvalue weighted by molar-refractivity contribution is 0.374. The average molecular weight is 244 g/mol. The van der Waals surface area contributed by atoms with Gasteiger partial charge in [0.2, 0.25) is 0 Å². The van der Waals surface area contributed by atoms with Gasteiger partial charge in [-0.15, -0.1) is 0 Å². The Morgan fingerprint density at radius 3 is 2.67 bits per heavy atom. The molecule has 98 valence electrons. The molecule has 2 aliphatic heterocycles. The van der Waals surface area contributed by atoms with E-state index in [1.165, 1.54) is 43.7 Å². The van der Waals surface area contributed by atoms with Crippen molar-refractivity contribution < 1.29 is 0 Å². The third-order valence-electron chi connectivity index (χ3n) is 4.60. The molecule has 2 atom stereocenters. The van der Waals surface area contributed by atoms with Gasteiger partial charge < -0.3 is 10.2 Å². The lowest BCUT2D eigenvalue weighted by Gasteiger charge is -2.36. The second-order valence-corrected chi connectivity index (χ2v) is 6.09. The molecule has 2 heteroatoms. The van der Waals surface area contributed by atoms with E-state index in [4.69, 9.17) is 0 Å². The lowest BCUT2D eigenvalue weighted by atomic mass is 9.92. The van der Waals surface area contributed by atoms with Gasteiger partial charge in [0.25, 0.3) is 0 Å². The first-order chi connectivity index (χ1) is 8.74. The number of nitrogens with one attached hydrogen (secondary N) is 1. The molecule has 3 rings (SSSR count). The van der Waals surface area contributed by atoms with Crippen molar-refractivity contribution in [3.05, 3.63) is 29.8 Å². The summed E-state index contributed by atoms with van der Waals surface area (Å²) in [7, 11) is 0. The third kappa shape index (κ3) is 2.26. The fourth-order valence-electron chi connectivity index (χ4n) is 3.34. The van der Waals surface area contributed by atoms with E-state index in [0.29, 0.717) is 5.92 Å². The zero-order valence-electron chi connectivity index (χ0n) is 11.5. The van der Waals surface area contributed by atoms with Crippen LogP contribution in [0.25, 0.3) is 0 Å². The number of benzene rings is 1. The quantitative estimate of drug-likeness (QED) is 0.860. The van der Waals surface area contributed by atoms with Gasteiger partial charge in [0.1, 0.15) is 0 Å². The van der Waals surface area contributed by atoms with Crippen LogP contribution in [0.5, 0.6) is 0 Å². The number of nitrogens with zero attached hydrogens (tertiary/aromatic N) is 1. The molecule has 1 N–H and O–H groups in total. The Morgan fingerprint density at radius 2 is 1.94 bits per heavy atom. The minimum Gasteiger partial charge on any atom is -0.370 e. The number of anilines is 1. The smallest absolute Gasteiger partial charge is 0.0366 e. The van der Waals surface area contributed by atoms with Crippen LogP contribution >= 0.6 is 0 Å². The van der Waals surface area contributed by atoms with Crippen molar-refractivity contribution in [1.82, 2.24) is 5.32 Å². The maximum Gasteiger partial charge on any atom is 0.0366 e. The van der Waals surface area contributed by atoms with Crippen LogP contribution in [0.15, 0.2) is 24.3 Å². The molecule has 0 aromatic heterocycles. The molecule has 2 unspecified atom stereocenters. The monoisotopic (exact) mass is 244 g/mol. The Morgan fingerprint density at radius 1 is 1.17 bits per heavy atom. The third-order valence-corrected chi connectivity index (χ3v) is 4.60. The highest BCUT2D eigenvalue weighted by molar-refractivity contribution is 5.48. The molecule has 0 saturated carbocycles. The molecule has 2 aliphatic rings. The van der Waals surface area contributed by atoms with Crippen molar-refractivity contribution in [3.63, 3.8) is 0 Å².